The predicted octanol–water partition coefficient (Wildman–Crippen LogP) is 2.53. The zero-order valence-corrected chi connectivity index (χ0v) is 7.09. The van der Waals surface area contributed by atoms with Crippen molar-refractivity contribution >= 4 is 6.08 Å². The summed E-state index contributed by atoms with van der Waals surface area (Å²) in [6.07, 6.45) is 3.99. The molecule has 0 aliphatic rings. The standard InChI is InChI=1S/C10H10NO2/c12-11(13)9-5-4-8-10-6-2-1-3-7-10/h1-4,6-9H,5H2. The Kier molecular flexibility index (Phi) is 3.70. The van der Waals surface area contributed by atoms with Gasteiger partial charge in [-0.25, -0.2) is 0 Å². The van der Waals surface area contributed by atoms with Crippen LogP contribution in [0.2, 0.25) is 0 Å². The molecule has 0 aliphatic heterocycles. The van der Waals surface area contributed by atoms with E-state index >= 15 is 0 Å². The van der Waals surface area contributed by atoms with Crippen LogP contribution >= 0.6 is 0 Å². The van der Waals surface area contributed by atoms with Crippen molar-refractivity contribution < 1.29 is 4.92 Å². The van der Waals surface area contributed by atoms with Gasteiger partial charge in [-0.3, -0.25) is 10.1 Å². The van der Waals surface area contributed by atoms with Crippen molar-refractivity contribution in [3.63, 3.8) is 0 Å². The Morgan fingerprint density at radius 1 is 1.31 bits per heavy atom. The van der Waals surface area contributed by atoms with Gasteiger partial charge in [0.05, 0.1) is 0 Å². The Balaban J connectivity index is 2.37. The second kappa shape index (κ2) is 5.09. The first-order valence-electron chi connectivity index (χ1n) is 3.97. The van der Waals surface area contributed by atoms with E-state index in [1.54, 1.807) is 6.08 Å². The fourth-order valence-electron chi connectivity index (χ4n) is 0.915. The fourth-order valence-corrected chi connectivity index (χ4v) is 0.915. The van der Waals surface area contributed by atoms with Crippen molar-refractivity contribution in [3.8, 4) is 0 Å². The molecule has 0 bridgehead atoms. The molecule has 0 saturated heterocycles. The van der Waals surface area contributed by atoms with Gasteiger partial charge in [0.2, 0.25) is 0 Å². The lowest BCUT2D eigenvalue weighted by Crippen LogP contribution is -1.90. The molecule has 1 rings (SSSR count). The van der Waals surface area contributed by atoms with Crippen LogP contribution in [-0.4, -0.2) is 4.92 Å². The van der Waals surface area contributed by atoms with Gasteiger partial charge < -0.3 is 0 Å². The van der Waals surface area contributed by atoms with E-state index in [4.69, 9.17) is 0 Å². The summed E-state index contributed by atoms with van der Waals surface area (Å²) in [5.74, 6) is 0. The molecule has 0 heterocycles. The Morgan fingerprint density at radius 3 is 2.62 bits per heavy atom. The van der Waals surface area contributed by atoms with Gasteiger partial charge in [0.1, 0.15) is 0 Å². The summed E-state index contributed by atoms with van der Waals surface area (Å²) in [5, 5.41) is 9.93. The van der Waals surface area contributed by atoms with Gasteiger partial charge in [0, 0.05) is 11.3 Å². The van der Waals surface area contributed by atoms with Crippen molar-refractivity contribution in [2.45, 2.75) is 6.42 Å². The van der Waals surface area contributed by atoms with Crippen LogP contribution in [0.5, 0.6) is 0 Å². The van der Waals surface area contributed by atoms with E-state index in [2.05, 4.69) is 0 Å². The fraction of sp³-hybridized carbons (Fsp3) is 0.100. The minimum absolute atomic E-state index is 0.363. The zero-order valence-electron chi connectivity index (χ0n) is 7.09. The third-order valence-corrected chi connectivity index (χ3v) is 1.50. The van der Waals surface area contributed by atoms with Gasteiger partial charge in [-0.2, -0.15) is 0 Å². The van der Waals surface area contributed by atoms with Crippen LogP contribution in [0.1, 0.15) is 12.0 Å². The summed E-state index contributed by atoms with van der Waals surface area (Å²) in [4.78, 5) is 9.49. The summed E-state index contributed by atoms with van der Waals surface area (Å²) in [6.45, 7) is 1.03. The lowest BCUT2D eigenvalue weighted by Gasteiger charge is -1.89. The number of benzene rings is 1. The third-order valence-electron chi connectivity index (χ3n) is 1.50. The van der Waals surface area contributed by atoms with Gasteiger partial charge in [0.15, 0.2) is 0 Å². The molecule has 13 heavy (non-hydrogen) atoms. The van der Waals surface area contributed by atoms with E-state index in [1.807, 2.05) is 36.4 Å². The molecule has 0 unspecified atom stereocenters. The maximum Gasteiger partial charge on any atom is 0.282 e. The van der Waals surface area contributed by atoms with Crippen molar-refractivity contribution in [3.05, 3.63) is 58.6 Å². The van der Waals surface area contributed by atoms with E-state index in [0.717, 1.165) is 12.1 Å². The number of nitrogens with zero attached hydrogens (tertiary/aromatic N) is 1. The molecule has 1 aromatic rings. The SMILES string of the molecule is O=[N+]([O-])[CH]CC=Cc1ccccc1. The van der Waals surface area contributed by atoms with E-state index < -0.39 is 4.92 Å². The van der Waals surface area contributed by atoms with Crippen LogP contribution in [0.4, 0.5) is 0 Å². The van der Waals surface area contributed by atoms with E-state index in [0.29, 0.717) is 6.42 Å². The second-order valence-electron chi connectivity index (χ2n) is 2.52. The molecule has 0 aromatic heterocycles. The number of hydrogen-bond acceptors (Lipinski definition) is 2. The molecule has 1 radical (unpaired) electrons. The van der Waals surface area contributed by atoms with Crippen molar-refractivity contribution in [1.29, 1.82) is 0 Å². The average Bonchev–Trinajstić information content (AvgIpc) is 2.14. The lowest BCUT2D eigenvalue weighted by molar-refractivity contribution is -0.436. The minimum Gasteiger partial charge on any atom is -0.264 e. The van der Waals surface area contributed by atoms with E-state index in [-0.39, 0.29) is 0 Å². The van der Waals surface area contributed by atoms with Crippen LogP contribution in [0, 0.1) is 16.7 Å². The highest BCUT2D eigenvalue weighted by Gasteiger charge is 1.93. The van der Waals surface area contributed by atoms with Crippen LogP contribution in [0.15, 0.2) is 36.4 Å². The molecule has 3 nitrogen and oxygen atoms in total. The maximum atomic E-state index is 9.93. The van der Waals surface area contributed by atoms with Crippen LogP contribution in [-0.2, 0) is 0 Å². The Bertz CT molecular complexity index is 293. The smallest absolute Gasteiger partial charge is 0.264 e. The van der Waals surface area contributed by atoms with Gasteiger partial charge >= 0.3 is 0 Å². The molecule has 0 N–H and O–H groups in total. The summed E-state index contributed by atoms with van der Waals surface area (Å²) in [7, 11) is 0. The normalized spacial score (nSPS) is 10.5. The molecule has 1 aromatic carbocycles. The average molecular weight is 176 g/mol. The molecule has 3 heteroatoms. The van der Waals surface area contributed by atoms with Crippen LogP contribution in [0.25, 0.3) is 6.08 Å². The Labute approximate surface area is 76.9 Å². The first-order chi connectivity index (χ1) is 6.29. The van der Waals surface area contributed by atoms with Gasteiger partial charge in [-0.05, 0) is 5.56 Å². The Morgan fingerprint density at radius 2 is 2.00 bits per heavy atom. The molecule has 0 spiro atoms. The first kappa shape index (κ1) is 9.45. The van der Waals surface area contributed by atoms with Crippen molar-refractivity contribution in [1.82, 2.24) is 0 Å². The lowest BCUT2D eigenvalue weighted by atomic mass is 10.2. The molecular formula is C10H10NO2. The highest BCUT2D eigenvalue weighted by atomic mass is 16.6. The van der Waals surface area contributed by atoms with Crippen LogP contribution in [0.3, 0.4) is 0 Å². The molecule has 0 fully saturated rings. The summed E-state index contributed by atoms with van der Waals surface area (Å²) in [6, 6.07) is 9.68. The first-order valence-corrected chi connectivity index (χ1v) is 3.97. The topological polar surface area (TPSA) is 43.1 Å². The minimum atomic E-state index is -0.435. The molecule has 0 aliphatic carbocycles. The number of nitro groups is 1. The molecule has 0 atom stereocenters. The predicted molar refractivity (Wildman–Crippen MR) is 51.4 cm³/mol. The van der Waals surface area contributed by atoms with Crippen molar-refractivity contribution in [2.24, 2.45) is 0 Å². The van der Waals surface area contributed by atoms with Crippen LogP contribution < -0.4 is 0 Å². The number of rotatable bonds is 4. The largest absolute Gasteiger partial charge is 0.282 e. The quantitative estimate of drug-likeness (QED) is 0.522. The molecule has 0 saturated carbocycles. The van der Waals surface area contributed by atoms with Crippen molar-refractivity contribution in [2.75, 3.05) is 0 Å². The zero-order chi connectivity index (χ0) is 9.52. The third kappa shape index (κ3) is 4.06. The van der Waals surface area contributed by atoms with Gasteiger partial charge in [-0.15, -0.1) is 0 Å². The molecular weight excluding hydrogens is 166 g/mol. The maximum absolute atomic E-state index is 9.93. The highest BCUT2D eigenvalue weighted by molar-refractivity contribution is 5.48. The summed E-state index contributed by atoms with van der Waals surface area (Å²) in [5.41, 5.74) is 1.05. The van der Waals surface area contributed by atoms with E-state index in [9.17, 15) is 10.1 Å². The van der Waals surface area contributed by atoms with E-state index in [1.165, 1.54) is 0 Å². The highest BCUT2D eigenvalue weighted by Crippen LogP contribution is 2.02. The van der Waals surface area contributed by atoms with Gasteiger partial charge in [0.25, 0.3) is 6.54 Å². The summed E-state index contributed by atoms with van der Waals surface area (Å²) < 4.78 is 0. The number of hydrogen-bond donors (Lipinski definition) is 0. The van der Waals surface area contributed by atoms with Gasteiger partial charge in [-0.1, -0.05) is 42.5 Å². The monoisotopic (exact) mass is 176 g/mol. The molecule has 67 valence electrons. The Hall–Kier alpha value is -1.64. The second-order valence-corrected chi connectivity index (χ2v) is 2.52. The molecule has 0 amide bonds. The summed E-state index contributed by atoms with van der Waals surface area (Å²) >= 11 is 0.